The van der Waals surface area contributed by atoms with Gasteiger partial charge >= 0.3 is 30.0 Å². The zero-order valence-corrected chi connectivity index (χ0v) is 19.4. The van der Waals surface area contributed by atoms with Gasteiger partial charge in [0.1, 0.15) is 0 Å². The summed E-state index contributed by atoms with van der Waals surface area (Å²) in [5.41, 5.74) is -10.5. The van der Waals surface area contributed by atoms with Crippen molar-refractivity contribution in [3.8, 4) is 0 Å². The molecule has 202 valence electrons. The van der Waals surface area contributed by atoms with E-state index in [1.807, 2.05) is 0 Å². The Bertz CT molecular complexity index is 1120. The van der Waals surface area contributed by atoms with Gasteiger partial charge in [-0.05, 0) is 38.1 Å². The van der Waals surface area contributed by atoms with Crippen LogP contribution in [0.2, 0.25) is 0 Å². The summed E-state index contributed by atoms with van der Waals surface area (Å²) in [6.07, 6.45) is -11.2. The Morgan fingerprint density at radius 2 is 1.38 bits per heavy atom. The molecule has 37 heavy (non-hydrogen) atoms. The van der Waals surface area contributed by atoms with Crippen molar-refractivity contribution < 1.29 is 55.3 Å². The van der Waals surface area contributed by atoms with Crippen LogP contribution in [-0.4, -0.2) is 54.2 Å². The molecular formula is C23H22F6N2O6. The number of benzene rings is 2. The predicted molar refractivity (Wildman–Crippen MR) is 116 cm³/mol. The van der Waals surface area contributed by atoms with Gasteiger partial charge in [0.15, 0.2) is 0 Å². The van der Waals surface area contributed by atoms with Gasteiger partial charge in [-0.2, -0.15) is 26.3 Å². The van der Waals surface area contributed by atoms with E-state index >= 15 is 0 Å². The second-order valence-corrected chi connectivity index (χ2v) is 7.42. The van der Waals surface area contributed by atoms with Crippen LogP contribution in [0.3, 0.4) is 0 Å². The zero-order valence-electron chi connectivity index (χ0n) is 19.4. The highest BCUT2D eigenvalue weighted by Crippen LogP contribution is 2.41. The second kappa shape index (κ2) is 11.1. The SMILES string of the molecule is CCOC(=O)[C@](NC(=O)c1ccccc1)(Nc1cccc([C@](O)(C(=O)OCC)C(F)(F)F)c1)C(F)(F)F. The minimum Gasteiger partial charge on any atom is -0.463 e. The van der Waals surface area contributed by atoms with Crippen molar-refractivity contribution in [1.82, 2.24) is 5.32 Å². The molecule has 1 amide bonds. The van der Waals surface area contributed by atoms with Gasteiger partial charge in [-0.15, -0.1) is 0 Å². The van der Waals surface area contributed by atoms with Crippen molar-refractivity contribution in [3.05, 3.63) is 65.7 Å². The van der Waals surface area contributed by atoms with Crippen LogP contribution in [0.5, 0.6) is 0 Å². The number of hydrogen-bond acceptors (Lipinski definition) is 7. The van der Waals surface area contributed by atoms with Crippen LogP contribution in [-0.2, 0) is 24.7 Å². The Morgan fingerprint density at radius 3 is 1.89 bits per heavy atom. The molecular weight excluding hydrogens is 514 g/mol. The van der Waals surface area contributed by atoms with Gasteiger partial charge in [0, 0.05) is 16.8 Å². The number of ether oxygens (including phenoxy) is 2. The molecule has 2 atom stereocenters. The fraction of sp³-hybridized carbons (Fsp3) is 0.348. The normalized spacial score (nSPS) is 15.1. The zero-order chi connectivity index (χ0) is 28.1. The molecule has 0 spiro atoms. The summed E-state index contributed by atoms with van der Waals surface area (Å²) < 4.78 is 93.2. The third-order valence-corrected chi connectivity index (χ3v) is 4.94. The van der Waals surface area contributed by atoms with E-state index in [-0.39, 0.29) is 5.56 Å². The fourth-order valence-corrected chi connectivity index (χ4v) is 3.13. The minimum atomic E-state index is -5.64. The van der Waals surface area contributed by atoms with Gasteiger partial charge in [-0.3, -0.25) is 4.79 Å². The highest BCUT2D eigenvalue weighted by molar-refractivity contribution is 5.99. The van der Waals surface area contributed by atoms with Crippen LogP contribution >= 0.6 is 0 Å². The number of aliphatic hydroxyl groups is 1. The molecule has 0 aliphatic carbocycles. The van der Waals surface area contributed by atoms with E-state index in [1.54, 1.807) is 5.32 Å². The van der Waals surface area contributed by atoms with E-state index in [2.05, 4.69) is 9.47 Å². The largest absolute Gasteiger partial charge is 0.463 e. The molecule has 2 rings (SSSR count). The van der Waals surface area contributed by atoms with Crippen LogP contribution in [0.15, 0.2) is 54.6 Å². The predicted octanol–water partition coefficient (Wildman–Crippen LogP) is 3.66. The lowest BCUT2D eigenvalue weighted by Crippen LogP contribution is -2.69. The van der Waals surface area contributed by atoms with E-state index in [0.29, 0.717) is 12.1 Å². The summed E-state index contributed by atoms with van der Waals surface area (Å²) in [6, 6.07) is 9.08. The average molecular weight is 536 g/mol. The Balaban J connectivity index is 2.66. The summed E-state index contributed by atoms with van der Waals surface area (Å²) in [5.74, 6) is -5.51. The first-order chi connectivity index (χ1) is 17.1. The maximum atomic E-state index is 14.4. The first-order valence-corrected chi connectivity index (χ1v) is 10.6. The molecule has 2 aromatic rings. The lowest BCUT2D eigenvalue weighted by molar-refractivity contribution is -0.267. The molecule has 0 saturated carbocycles. The number of rotatable bonds is 9. The number of nitrogens with one attached hydrogen (secondary N) is 2. The second-order valence-electron chi connectivity index (χ2n) is 7.42. The number of carbonyl (C=O) groups excluding carboxylic acids is 3. The number of anilines is 1. The maximum absolute atomic E-state index is 14.4. The van der Waals surface area contributed by atoms with Gasteiger partial charge in [0.2, 0.25) is 0 Å². The Morgan fingerprint density at radius 1 is 0.811 bits per heavy atom. The average Bonchev–Trinajstić information content (AvgIpc) is 2.82. The lowest BCUT2D eigenvalue weighted by Gasteiger charge is -2.36. The summed E-state index contributed by atoms with van der Waals surface area (Å²) in [6.45, 7) is 1.29. The molecule has 14 heteroatoms. The third-order valence-electron chi connectivity index (χ3n) is 4.94. The van der Waals surface area contributed by atoms with Gasteiger partial charge in [0.25, 0.3) is 11.5 Å². The van der Waals surface area contributed by atoms with Crippen molar-refractivity contribution in [2.75, 3.05) is 18.5 Å². The molecule has 0 aliphatic rings. The number of hydrogen-bond donors (Lipinski definition) is 3. The first kappa shape index (κ1) is 29.4. The molecule has 0 bridgehead atoms. The Hall–Kier alpha value is -3.81. The first-order valence-electron chi connectivity index (χ1n) is 10.6. The van der Waals surface area contributed by atoms with Gasteiger partial charge in [-0.1, -0.05) is 30.3 Å². The summed E-state index contributed by atoms with van der Waals surface area (Å²) in [5, 5.41) is 13.5. The molecule has 0 fully saturated rings. The molecule has 0 aliphatic heterocycles. The summed E-state index contributed by atoms with van der Waals surface area (Å²) in [4.78, 5) is 37.3. The minimum absolute atomic E-state index is 0.273. The van der Waals surface area contributed by atoms with Crippen LogP contribution in [0.25, 0.3) is 0 Å². The third kappa shape index (κ3) is 5.96. The van der Waals surface area contributed by atoms with Crippen molar-refractivity contribution >= 4 is 23.5 Å². The quantitative estimate of drug-likeness (QED) is 0.255. The van der Waals surface area contributed by atoms with Crippen LogP contribution < -0.4 is 10.6 Å². The molecule has 3 N–H and O–H groups in total. The molecule has 0 saturated heterocycles. The van der Waals surface area contributed by atoms with Crippen molar-refractivity contribution in [2.45, 2.75) is 37.5 Å². The monoisotopic (exact) mass is 536 g/mol. The fourth-order valence-electron chi connectivity index (χ4n) is 3.13. The summed E-state index contributed by atoms with van der Waals surface area (Å²) in [7, 11) is 0. The molecule has 2 aromatic carbocycles. The van der Waals surface area contributed by atoms with E-state index in [9.17, 15) is 45.8 Å². The number of amides is 1. The highest BCUT2D eigenvalue weighted by Gasteiger charge is 2.65. The van der Waals surface area contributed by atoms with Gasteiger partial charge in [0.05, 0.1) is 13.2 Å². The molecule has 0 heterocycles. The van der Waals surface area contributed by atoms with Gasteiger partial charge in [-0.25, -0.2) is 9.59 Å². The van der Waals surface area contributed by atoms with E-state index in [0.717, 1.165) is 24.3 Å². The van der Waals surface area contributed by atoms with E-state index < -0.39 is 65.9 Å². The van der Waals surface area contributed by atoms with E-state index in [1.165, 1.54) is 37.4 Å². The summed E-state index contributed by atoms with van der Waals surface area (Å²) >= 11 is 0. The van der Waals surface area contributed by atoms with Crippen LogP contribution in [0.1, 0.15) is 29.8 Å². The molecule has 0 radical (unpaired) electrons. The lowest BCUT2D eigenvalue weighted by atomic mass is 9.92. The van der Waals surface area contributed by atoms with Crippen molar-refractivity contribution in [3.63, 3.8) is 0 Å². The van der Waals surface area contributed by atoms with Gasteiger partial charge < -0.3 is 25.2 Å². The molecule has 0 unspecified atom stereocenters. The number of esters is 2. The molecule has 0 aromatic heterocycles. The highest BCUT2D eigenvalue weighted by atomic mass is 19.4. The van der Waals surface area contributed by atoms with Crippen LogP contribution in [0.4, 0.5) is 32.0 Å². The Labute approximate surface area is 206 Å². The topological polar surface area (TPSA) is 114 Å². The maximum Gasteiger partial charge on any atom is 0.441 e. The number of alkyl halides is 6. The number of carbonyl (C=O) groups is 3. The number of halogens is 6. The smallest absolute Gasteiger partial charge is 0.441 e. The van der Waals surface area contributed by atoms with Crippen molar-refractivity contribution in [2.24, 2.45) is 0 Å². The van der Waals surface area contributed by atoms with Crippen LogP contribution in [0, 0.1) is 0 Å². The van der Waals surface area contributed by atoms with Crippen molar-refractivity contribution in [1.29, 1.82) is 0 Å². The molecule has 8 nitrogen and oxygen atoms in total. The van der Waals surface area contributed by atoms with E-state index in [4.69, 9.17) is 0 Å². The Kier molecular flexibility index (Phi) is 8.80. The standard InChI is InChI=1S/C23H22F6N2O6/c1-3-36-18(33)20(35,22(24,25)26)15-11-8-12-16(13-15)30-21(23(27,28)29,19(34)37-4-2)31-17(32)14-9-6-5-7-10-14/h5-13,30,35H,3-4H2,1-2H3,(H,31,32)/t20-,21+/m0/s1.